The summed E-state index contributed by atoms with van der Waals surface area (Å²) >= 11 is 0. The molecule has 0 heterocycles. The van der Waals surface area contributed by atoms with Gasteiger partial charge in [0.15, 0.2) is 0 Å². The molecule has 27 heavy (non-hydrogen) atoms. The topological polar surface area (TPSA) is 102 Å². The first kappa shape index (κ1) is 20.4. The van der Waals surface area contributed by atoms with Gasteiger partial charge in [0.05, 0.1) is 11.5 Å². The van der Waals surface area contributed by atoms with Crippen LogP contribution >= 0.6 is 0 Å². The monoisotopic (exact) mass is 390 g/mol. The smallest absolute Gasteiger partial charge is 0.315 e. The summed E-state index contributed by atoms with van der Waals surface area (Å²) in [4.78, 5) is 23.1. The third-order valence-electron chi connectivity index (χ3n) is 3.53. The summed E-state index contributed by atoms with van der Waals surface area (Å²) in [6.45, 7) is 5.63. The van der Waals surface area contributed by atoms with Crippen molar-refractivity contribution in [3.05, 3.63) is 53.6 Å². The van der Waals surface area contributed by atoms with Gasteiger partial charge in [-0.05, 0) is 68.3 Å². The SMILES string of the molecule is CCOC(=O)CC(=O)Nc1ccc(S(=O)(=O)Nc2cc(C)cc(C)c2)cc1. The van der Waals surface area contributed by atoms with Crippen molar-refractivity contribution < 1.29 is 22.7 Å². The van der Waals surface area contributed by atoms with Crippen molar-refractivity contribution in [3.63, 3.8) is 0 Å². The number of benzene rings is 2. The lowest BCUT2D eigenvalue weighted by Crippen LogP contribution is -2.18. The summed E-state index contributed by atoms with van der Waals surface area (Å²) in [6, 6.07) is 11.1. The Balaban J connectivity index is 2.07. The first-order valence-electron chi connectivity index (χ1n) is 8.36. The normalized spacial score (nSPS) is 10.9. The molecular weight excluding hydrogens is 368 g/mol. The quantitative estimate of drug-likeness (QED) is 0.559. The summed E-state index contributed by atoms with van der Waals surface area (Å²) in [5.74, 6) is -1.15. The van der Waals surface area contributed by atoms with Gasteiger partial charge >= 0.3 is 5.97 Å². The van der Waals surface area contributed by atoms with E-state index in [0.717, 1.165) is 11.1 Å². The van der Waals surface area contributed by atoms with E-state index < -0.39 is 28.3 Å². The van der Waals surface area contributed by atoms with Crippen LogP contribution in [0.25, 0.3) is 0 Å². The van der Waals surface area contributed by atoms with Crippen molar-refractivity contribution >= 4 is 33.3 Å². The molecule has 144 valence electrons. The summed E-state index contributed by atoms with van der Waals surface area (Å²) in [7, 11) is -3.76. The second-order valence-electron chi connectivity index (χ2n) is 6.04. The zero-order valence-electron chi connectivity index (χ0n) is 15.4. The van der Waals surface area contributed by atoms with Gasteiger partial charge in [-0.15, -0.1) is 0 Å². The first-order valence-corrected chi connectivity index (χ1v) is 9.84. The van der Waals surface area contributed by atoms with Crippen LogP contribution in [0.1, 0.15) is 24.5 Å². The number of carbonyl (C=O) groups is 2. The molecular formula is C19H22N2O5S. The lowest BCUT2D eigenvalue weighted by Gasteiger charge is -2.11. The molecule has 0 saturated carbocycles. The maximum Gasteiger partial charge on any atom is 0.315 e. The van der Waals surface area contributed by atoms with Gasteiger partial charge in [-0.3, -0.25) is 14.3 Å². The fourth-order valence-electron chi connectivity index (χ4n) is 2.51. The first-order chi connectivity index (χ1) is 12.7. The molecule has 0 spiro atoms. The number of carbonyl (C=O) groups excluding carboxylic acids is 2. The van der Waals surface area contributed by atoms with Crippen molar-refractivity contribution in [2.45, 2.75) is 32.1 Å². The van der Waals surface area contributed by atoms with Crippen molar-refractivity contribution in [2.75, 3.05) is 16.6 Å². The molecule has 0 aliphatic carbocycles. The Kier molecular flexibility index (Phi) is 6.57. The molecule has 2 N–H and O–H groups in total. The number of sulfonamides is 1. The number of esters is 1. The molecule has 7 nitrogen and oxygen atoms in total. The minimum atomic E-state index is -3.76. The van der Waals surface area contributed by atoms with E-state index in [1.807, 2.05) is 19.9 Å². The molecule has 0 aromatic heterocycles. The molecule has 0 aliphatic rings. The van der Waals surface area contributed by atoms with Crippen LogP contribution < -0.4 is 10.0 Å². The number of rotatable bonds is 7. The van der Waals surface area contributed by atoms with Gasteiger partial charge in [-0.25, -0.2) is 8.42 Å². The van der Waals surface area contributed by atoms with Crippen LogP contribution in [0.3, 0.4) is 0 Å². The summed E-state index contributed by atoms with van der Waals surface area (Å²) in [5.41, 5.74) is 2.77. The molecule has 2 aromatic rings. The van der Waals surface area contributed by atoms with E-state index >= 15 is 0 Å². The third kappa shape index (κ3) is 6.10. The molecule has 0 fully saturated rings. The van der Waals surface area contributed by atoms with Gasteiger partial charge in [-0.1, -0.05) is 6.07 Å². The number of aryl methyl sites for hydroxylation is 2. The fraction of sp³-hybridized carbons (Fsp3) is 0.263. The second kappa shape index (κ2) is 8.68. The van der Waals surface area contributed by atoms with Crippen LogP contribution in [0, 0.1) is 13.8 Å². The van der Waals surface area contributed by atoms with Crippen molar-refractivity contribution in [1.29, 1.82) is 0 Å². The van der Waals surface area contributed by atoms with E-state index in [1.165, 1.54) is 24.3 Å². The molecule has 0 unspecified atom stereocenters. The average Bonchev–Trinajstić information content (AvgIpc) is 2.53. The highest BCUT2D eigenvalue weighted by Crippen LogP contribution is 2.20. The Morgan fingerprint density at radius 3 is 2.11 bits per heavy atom. The summed E-state index contributed by atoms with van der Waals surface area (Å²) in [6.07, 6.45) is -0.401. The van der Waals surface area contributed by atoms with Crippen molar-refractivity contribution in [1.82, 2.24) is 0 Å². The lowest BCUT2D eigenvalue weighted by atomic mass is 10.1. The van der Waals surface area contributed by atoms with Crippen LogP contribution in [-0.2, 0) is 24.3 Å². The highest BCUT2D eigenvalue weighted by atomic mass is 32.2. The summed E-state index contributed by atoms with van der Waals surface area (Å²) < 4.78 is 32.3. The maximum absolute atomic E-state index is 12.5. The van der Waals surface area contributed by atoms with E-state index in [4.69, 9.17) is 4.74 Å². The Hall–Kier alpha value is -2.87. The zero-order valence-corrected chi connectivity index (χ0v) is 16.2. The molecule has 0 bridgehead atoms. The van der Waals surface area contributed by atoms with Crippen LogP contribution in [0.2, 0.25) is 0 Å². The van der Waals surface area contributed by atoms with Crippen molar-refractivity contribution in [3.8, 4) is 0 Å². The zero-order chi connectivity index (χ0) is 20.0. The van der Waals surface area contributed by atoms with Crippen LogP contribution in [0.5, 0.6) is 0 Å². The molecule has 2 aromatic carbocycles. The number of nitrogens with one attached hydrogen (secondary N) is 2. The second-order valence-corrected chi connectivity index (χ2v) is 7.72. The van der Waals surface area contributed by atoms with Gasteiger partial charge in [0.25, 0.3) is 10.0 Å². The molecule has 0 saturated heterocycles. The Morgan fingerprint density at radius 2 is 1.56 bits per heavy atom. The molecule has 8 heteroatoms. The van der Waals surface area contributed by atoms with Gasteiger partial charge in [-0.2, -0.15) is 0 Å². The van der Waals surface area contributed by atoms with E-state index in [9.17, 15) is 18.0 Å². The molecule has 0 atom stereocenters. The van der Waals surface area contributed by atoms with E-state index in [1.54, 1.807) is 19.1 Å². The van der Waals surface area contributed by atoms with E-state index in [0.29, 0.717) is 11.4 Å². The van der Waals surface area contributed by atoms with Gasteiger partial charge in [0.2, 0.25) is 5.91 Å². The summed E-state index contributed by atoms with van der Waals surface area (Å²) in [5, 5.41) is 2.52. The maximum atomic E-state index is 12.5. The predicted molar refractivity (Wildman–Crippen MR) is 103 cm³/mol. The average molecular weight is 390 g/mol. The number of anilines is 2. The molecule has 0 aliphatic heterocycles. The predicted octanol–water partition coefficient (Wildman–Crippen LogP) is 3.00. The van der Waals surface area contributed by atoms with Gasteiger partial charge in [0.1, 0.15) is 6.42 Å². The minimum absolute atomic E-state index is 0.0602. The van der Waals surface area contributed by atoms with Gasteiger partial charge < -0.3 is 10.1 Å². The Labute approximate surface area is 158 Å². The highest BCUT2D eigenvalue weighted by Gasteiger charge is 2.15. The number of hydrogen-bond donors (Lipinski definition) is 2. The largest absolute Gasteiger partial charge is 0.466 e. The Morgan fingerprint density at radius 1 is 0.963 bits per heavy atom. The van der Waals surface area contributed by atoms with Gasteiger partial charge in [0, 0.05) is 11.4 Å². The minimum Gasteiger partial charge on any atom is -0.466 e. The highest BCUT2D eigenvalue weighted by molar-refractivity contribution is 7.92. The van der Waals surface area contributed by atoms with E-state index in [-0.39, 0.29) is 11.5 Å². The van der Waals surface area contributed by atoms with Crippen LogP contribution in [0.15, 0.2) is 47.4 Å². The van der Waals surface area contributed by atoms with E-state index in [2.05, 4.69) is 10.0 Å². The lowest BCUT2D eigenvalue weighted by molar-refractivity contribution is -0.145. The standard InChI is InChI=1S/C19H22N2O5S/c1-4-26-19(23)12-18(22)20-15-5-7-17(8-6-15)27(24,25)21-16-10-13(2)9-14(3)11-16/h5-11,21H,4,12H2,1-3H3,(H,20,22). The fourth-order valence-corrected chi connectivity index (χ4v) is 3.55. The molecule has 0 radical (unpaired) electrons. The molecule has 2 rings (SSSR count). The third-order valence-corrected chi connectivity index (χ3v) is 4.93. The number of ether oxygens (including phenoxy) is 1. The Bertz CT molecular complexity index is 917. The number of amides is 1. The number of hydrogen-bond acceptors (Lipinski definition) is 5. The van der Waals surface area contributed by atoms with Crippen LogP contribution in [-0.4, -0.2) is 26.9 Å². The molecule has 1 amide bonds. The van der Waals surface area contributed by atoms with Crippen LogP contribution in [0.4, 0.5) is 11.4 Å². The van der Waals surface area contributed by atoms with Crippen molar-refractivity contribution in [2.24, 2.45) is 0 Å².